The lowest BCUT2D eigenvalue weighted by Crippen LogP contribution is -3.15. The molecule has 1 saturated heterocycles. The Hall–Kier alpha value is -2.03. The predicted octanol–water partition coefficient (Wildman–Crippen LogP) is 1.98. The van der Waals surface area contributed by atoms with E-state index in [9.17, 15) is 9.50 Å². The number of nitrogens with zero attached hydrogens (tertiary/aromatic N) is 3. The summed E-state index contributed by atoms with van der Waals surface area (Å²) in [5.74, 6) is 0.468. The molecule has 3 heterocycles. The molecule has 0 saturated carbocycles. The first-order valence-corrected chi connectivity index (χ1v) is 10.1. The smallest absolute Gasteiger partial charge is 0.235 e. The SMILES string of the molecule is CCc1nc2sc([C@H](c3ccccc3F)[NH+]3C[C@@H](C)O[C@H](C)C3)c(O)n2n1. The highest BCUT2D eigenvalue weighted by Crippen LogP contribution is 2.36. The molecular formula is C19H24FN4O2S+. The molecule has 4 rings (SSSR count). The predicted molar refractivity (Wildman–Crippen MR) is 101 cm³/mol. The second-order valence-electron chi connectivity index (χ2n) is 7.14. The zero-order valence-corrected chi connectivity index (χ0v) is 16.5. The maximum absolute atomic E-state index is 14.7. The lowest BCUT2D eigenvalue weighted by Gasteiger charge is -2.37. The quantitative estimate of drug-likeness (QED) is 0.714. The van der Waals surface area contributed by atoms with E-state index in [1.54, 1.807) is 12.1 Å². The summed E-state index contributed by atoms with van der Waals surface area (Å²) >= 11 is 1.38. The lowest BCUT2D eigenvalue weighted by atomic mass is 10.0. The molecule has 1 aliphatic rings. The molecule has 3 aromatic rings. The van der Waals surface area contributed by atoms with Crippen LogP contribution in [-0.2, 0) is 11.2 Å². The number of morpholine rings is 1. The van der Waals surface area contributed by atoms with E-state index < -0.39 is 0 Å². The molecule has 6 nitrogen and oxygen atoms in total. The molecule has 27 heavy (non-hydrogen) atoms. The number of thiazole rings is 1. The first-order valence-electron chi connectivity index (χ1n) is 9.29. The molecule has 0 radical (unpaired) electrons. The van der Waals surface area contributed by atoms with Crippen molar-refractivity contribution in [3.05, 3.63) is 46.3 Å². The van der Waals surface area contributed by atoms with Gasteiger partial charge in [-0.05, 0) is 26.0 Å². The van der Waals surface area contributed by atoms with E-state index in [0.29, 0.717) is 27.6 Å². The molecule has 0 aliphatic carbocycles. The normalized spacial score (nSPS) is 24.4. The Bertz CT molecular complexity index is 946. The molecule has 2 aromatic heterocycles. The van der Waals surface area contributed by atoms with Crippen LogP contribution >= 0.6 is 11.3 Å². The molecule has 1 fully saturated rings. The maximum Gasteiger partial charge on any atom is 0.235 e. The Kier molecular flexibility index (Phi) is 4.88. The van der Waals surface area contributed by atoms with Gasteiger partial charge in [0, 0.05) is 6.42 Å². The molecule has 8 heteroatoms. The molecule has 0 bridgehead atoms. The minimum atomic E-state index is -0.335. The molecule has 3 atom stereocenters. The second-order valence-corrected chi connectivity index (χ2v) is 8.15. The van der Waals surface area contributed by atoms with E-state index in [1.165, 1.54) is 26.8 Å². The third-order valence-electron chi connectivity index (χ3n) is 5.01. The van der Waals surface area contributed by atoms with Gasteiger partial charge in [0.25, 0.3) is 0 Å². The third-order valence-corrected chi connectivity index (χ3v) is 6.10. The van der Waals surface area contributed by atoms with E-state index in [1.807, 2.05) is 26.8 Å². The van der Waals surface area contributed by atoms with Crippen molar-refractivity contribution in [3.8, 4) is 5.88 Å². The van der Waals surface area contributed by atoms with Gasteiger partial charge in [-0.15, -0.1) is 5.10 Å². The number of hydrogen-bond donors (Lipinski definition) is 2. The first-order chi connectivity index (χ1) is 13.0. The number of halogens is 1. The number of ether oxygens (including phenoxy) is 1. The van der Waals surface area contributed by atoms with Crippen molar-refractivity contribution in [3.63, 3.8) is 0 Å². The summed E-state index contributed by atoms with van der Waals surface area (Å²) in [4.78, 5) is 6.96. The third kappa shape index (κ3) is 3.33. The number of quaternary nitrogens is 1. The fourth-order valence-electron chi connectivity index (χ4n) is 3.93. The highest BCUT2D eigenvalue weighted by Gasteiger charge is 2.38. The molecule has 0 unspecified atom stereocenters. The van der Waals surface area contributed by atoms with Crippen molar-refractivity contribution in [2.24, 2.45) is 0 Å². The number of fused-ring (bicyclic) bond motifs is 1. The molecule has 1 aromatic carbocycles. The van der Waals surface area contributed by atoms with Crippen molar-refractivity contribution >= 4 is 16.3 Å². The summed E-state index contributed by atoms with van der Waals surface area (Å²) in [6, 6.07) is 6.45. The van der Waals surface area contributed by atoms with Gasteiger partial charge in [0.15, 0.2) is 11.9 Å². The zero-order chi connectivity index (χ0) is 19.1. The largest absolute Gasteiger partial charge is 0.492 e. The van der Waals surface area contributed by atoms with Gasteiger partial charge in [0.2, 0.25) is 10.8 Å². The summed E-state index contributed by atoms with van der Waals surface area (Å²) in [6.45, 7) is 7.50. The average molecular weight is 391 g/mol. The monoisotopic (exact) mass is 391 g/mol. The Balaban J connectivity index is 1.84. The minimum absolute atomic E-state index is 0.0507. The number of aryl methyl sites for hydroxylation is 1. The number of aromatic hydroxyl groups is 1. The van der Waals surface area contributed by atoms with E-state index >= 15 is 0 Å². The van der Waals surface area contributed by atoms with Crippen LogP contribution in [0.15, 0.2) is 24.3 Å². The van der Waals surface area contributed by atoms with Crippen LogP contribution < -0.4 is 4.90 Å². The minimum Gasteiger partial charge on any atom is -0.492 e. The first kappa shape index (κ1) is 18.3. The fourth-order valence-corrected chi connectivity index (χ4v) is 5.09. The molecule has 1 aliphatic heterocycles. The summed E-state index contributed by atoms with van der Waals surface area (Å²) in [5.41, 5.74) is 0.573. The Morgan fingerprint density at radius 3 is 2.67 bits per heavy atom. The number of nitrogens with one attached hydrogen (secondary N) is 1. The number of aromatic nitrogens is 3. The van der Waals surface area contributed by atoms with E-state index in [0.717, 1.165) is 13.1 Å². The summed E-state index contributed by atoms with van der Waals surface area (Å²) < 4.78 is 22.1. The number of benzene rings is 1. The van der Waals surface area contributed by atoms with Crippen LogP contribution in [0.5, 0.6) is 5.88 Å². The van der Waals surface area contributed by atoms with Gasteiger partial charge < -0.3 is 14.7 Å². The second kappa shape index (κ2) is 7.18. The van der Waals surface area contributed by atoms with Gasteiger partial charge in [-0.1, -0.05) is 30.4 Å². The van der Waals surface area contributed by atoms with Crippen LogP contribution in [0.4, 0.5) is 4.39 Å². The number of hydrogen-bond acceptors (Lipinski definition) is 5. The van der Waals surface area contributed by atoms with Crippen molar-refractivity contribution in [2.45, 2.75) is 45.4 Å². The summed E-state index contributed by atoms with van der Waals surface area (Å²) in [6.07, 6.45) is 0.826. The summed E-state index contributed by atoms with van der Waals surface area (Å²) in [7, 11) is 0. The maximum atomic E-state index is 14.7. The highest BCUT2D eigenvalue weighted by atomic mass is 32.1. The molecule has 0 spiro atoms. The van der Waals surface area contributed by atoms with Gasteiger partial charge in [-0.3, -0.25) is 0 Å². The van der Waals surface area contributed by atoms with Crippen LogP contribution in [0, 0.1) is 5.82 Å². The molecule has 2 N–H and O–H groups in total. The highest BCUT2D eigenvalue weighted by molar-refractivity contribution is 7.17. The zero-order valence-electron chi connectivity index (χ0n) is 15.6. The molecule has 0 amide bonds. The van der Waals surface area contributed by atoms with E-state index in [-0.39, 0.29) is 29.9 Å². The molecular weight excluding hydrogens is 367 g/mol. The molecule has 144 valence electrons. The topological polar surface area (TPSA) is 64.1 Å². The summed E-state index contributed by atoms with van der Waals surface area (Å²) in [5, 5.41) is 15.3. The standard InChI is InChI=1S/C19H23FN4O2S/c1-4-15-21-19-24(22-15)18(25)17(27-19)16(13-7-5-6-8-14(13)20)23-9-11(2)26-12(3)10-23/h5-8,11-12,16,25H,4,9-10H2,1-3H3/p+1/t11-,12-,16+/m1/s1. The van der Waals surface area contributed by atoms with Crippen LogP contribution in [0.1, 0.15) is 43.1 Å². The van der Waals surface area contributed by atoms with E-state index in [2.05, 4.69) is 10.1 Å². The Labute approximate surface area is 161 Å². The van der Waals surface area contributed by atoms with Gasteiger partial charge >= 0.3 is 0 Å². The van der Waals surface area contributed by atoms with Gasteiger partial charge in [-0.2, -0.15) is 4.52 Å². The Morgan fingerprint density at radius 2 is 2.04 bits per heavy atom. The van der Waals surface area contributed by atoms with Crippen LogP contribution in [0.25, 0.3) is 4.96 Å². The van der Waals surface area contributed by atoms with Crippen LogP contribution in [0.3, 0.4) is 0 Å². The van der Waals surface area contributed by atoms with E-state index in [4.69, 9.17) is 4.74 Å². The number of rotatable bonds is 4. The Morgan fingerprint density at radius 1 is 1.33 bits per heavy atom. The van der Waals surface area contributed by atoms with Gasteiger partial charge in [0.05, 0.1) is 5.56 Å². The van der Waals surface area contributed by atoms with Gasteiger partial charge in [-0.25, -0.2) is 9.37 Å². The van der Waals surface area contributed by atoms with Crippen molar-refractivity contribution in [2.75, 3.05) is 13.1 Å². The van der Waals surface area contributed by atoms with Crippen LogP contribution in [-0.4, -0.2) is 45.0 Å². The van der Waals surface area contributed by atoms with Crippen molar-refractivity contribution in [1.82, 2.24) is 14.6 Å². The van der Waals surface area contributed by atoms with Crippen LogP contribution in [0.2, 0.25) is 0 Å². The van der Waals surface area contributed by atoms with Gasteiger partial charge in [0.1, 0.15) is 36.0 Å². The lowest BCUT2D eigenvalue weighted by molar-refractivity contribution is -0.939. The van der Waals surface area contributed by atoms with Crippen molar-refractivity contribution in [1.29, 1.82) is 0 Å². The average Bonchev–Trinajstić information content (AvgIpc) is 3.16. The van der Waals surface area contributed by atoms with Crippen molar-refractivity contribution < 1.29 is 19.1 Å². The fraction of sp³-hybridized carbons (Fsp3) is 0.474.